The van der Waals surface area contributed by atoms with Crippen molar-refractivity contribution in [2.45, 2.75) is 4.90 Å². The van der Waals surface area contributed by atoms with E-state index in [-0.39, 0.29) is 26.8 Å². The molecule has 2 N–H and O–H groups in total. The van der Waals surface area contributed by atoms with Crippen molar-refractivity contribution in [3.05, 3.63) is 40.1 Å². The van der Waals surface area contributed by atoms with Crippen molar-refractivity contribution in [3.63, 3.8) is 0 Å². The van der Waals surface area contributed by atoms with E-state index in [4.69, 9.17) is 5.26 Å². The van der Waals surface area contributed by atoms with Gasteiger partial charge < -0.3 is 9.84 Å². The maximum absolute atomic E-state index is 12.3. The number of hydrogen-bond acceptors (Lipinski definition) is 7. The number of hydrogen-bond donors (Lipinski definition) is 2. The van der Waals surface area contributed by atoms with Crippen molar-refractivity contribution in [1.29, 1.82) is 5.26 Å². The summed E-state index contributed by atoms with van der Waals surface area (Å²) in [5.74, 6) is -1.11. The van der Waals surface area contributed by atoms with Crippen LogP contribution in [0.4, 0.5) is 5.69 Å². The second kappa shape index (κ2) is 6.05. The van der Waals surface area contributed by atoms with Gasteiger partial charge in [-0.2, -0.15) is 5.26 Å². The monoisotopic (exact) mass is 338 g/mol. The molecule has 0 saturated carbocycles. The normalized spacial score (nSPS) is 10.7. The van der Waals surface area contributed by atoms with Gasteiger partial charge in [0.25, 0.3) is 10.0 Å². The van der Waals surface area contributed by atoms with Gasteiger partial charge in [0.2, 0.25) is 0 Å². The quantitative estimate of drug-likeness (QED) is 0.650. The predicted octanol–water partition coefficient (Wildman–Crippen LogP) is 1.91. The molecule has 0 aliphatic rings. The Kier molecular flexibility index (Phi) is 4.35. The van der Waals surface area contributed by atoms with Crippen LogP contribution in [0, 0.1) is 11.3 Å². The Morgan fingerprint density at radius 2 is 2.14 bits per heavy atom. The molecule has 22 heavy (non-hydrogen) atoms. The summed E-state index contributed by atoms with van der Waals surface area (Å²) in [6.07, 6.45) is 0. The Morgan fingerprint density at radius 3 is 2.77 bits per heavy atom. The number of benzene rings is 1. The summed E-state index contributed by atoms with van der Waals surface area (Å²) in [5, 5.41) is 19.9. The van der Waals surface area contributed by atoms with Crippen LogP contribution in [-0.2, 0) is 14.8 Å². The average molecular weight is 338 g/mol. The van der Waals surface area contributed by atoms with E-state index in [9.17, 15) is 18.3 Å². The number of aromatic hydroxyl groups is 1. The number of sulfonamides is 1. The summed E-state index contributed by atoms with van der Waals surface area (Å²) in [5.41, 5.74) is 0.0232. The molecule has 1 aromatic heterocycles. The lowest BCUT2D eigenvalue weighted by Gasteiger charge is -2.10. The molecule has 2 aromatic rings. The molecule has 0 amide bonds. The number of thiophene rings is 1. The number of anilines is 1. The smallest absolute Gasteiger partial charge is 0.349 e. The fourth-order valence-corrected chi connectivity index (χ4v) is 4.04. The molecule has 2 rings (SSSR count). The molecule has 0 atom stereocenters. The van der Waals surface area contributed by atoms with Crippen molar-refractivity contribution in [2.24, 2.45) is 0 Å². The molecule has 114 valence electrons. The van der Waals surface area contributed by atoms with E-state index in [0.717, 1.165) is 18.4 Å². The highest BCUT2D eigenvalue weighted by Crippen LogP contribution is 2.29. The molecule has 0 spiro atoms. The molecular formula is C13H10N2O5S2. The number of esters is 1. The molecule has 0 aliphatic carbocycles. The van der Waals surface area contributed by atoms with Crippen molar-refractivity contribution < 1.29 is 23.1 Å². The number of nitrogens with zero attached hydrogens (tertiary/aromatic N) is 1. The van der Waals surface area contributed by atoms with Gasteiger partial charge in [-0.1, -0.05) is 0 Å². The van der Waals surface area contributed by atoms with Gasteiger partial charge >= 0.3 is 5.97 Å². The van der Waals surface area contributed by atoms with E-state index >= 15 is 0 Å². The summed E-state index contributed by atoms with van der Waals surface area (Å²) in [6, 6.07) is 6.83. The van der Waals surface area contributed by atoms with Crippen LogP contribution in [0.2, 0.25) is 0 Å². The molecule has 7 nitrogen and oxygen atoms in total. The molecule has 0 unspecified atom stereocenters. The minimum Gasteiger partial charge on any atom is -0.506 e. The number of carbonyl (C=O) groups is 1. The van der Waals surface area contributed by atoms with Crippen LogP contribution in [-0.4, -0.2) is 26.6 Å². The molecular weight excluding hydrogens is 328 g/mol. The Hall–Kier alpha value is -2.57. The highest BCUT2D eigenvalue weighted by molar-refractivity contribution is 7.93. The average Bonchev–Trinajstić information content (AvgIpc) is 2.99. The summed E-state index contributed by atoms with van der Waals surface area (Å²) >= 11 is 0.923. The first-order chi connectivity index (χ1) is 10.4. The minimum absolute atomic E-state index is 0.0778. The van der Waals surface area contributed by atoms with Crippen molar-refractivity contribution in [3.8, 4) is 11.8 Å². The maximum atomic E-state index is 12.3. The third-order valence-corrected chi connectivity index (χ3v) is 5.09. The largest absolute Gasteiger partial charge is 0.506 e. The number of nitriles is 1. The van der Waals surface area contributed by atoms with Gasteiger partial charge in [0.1, 0.15) is 15.5 Å². The summed E-state index contributed by atoms with van der Waals surface area (Å²) in [7, 11) is -2.97. The number of phenolic OH excluding ortho intramolecular Hbond substituents is 1. The van der Waals surface area contributed by atoms with E-state index in [2.05, 4.69) is 9.46 Å². The Bertz CT molecular complexity index is 865. The lowest BCUT2D eigenvalue weighted by molar-refractivity contribution is 0.0602. The lowest BCUT2D eigenvalue weighted by Crippen LogP contribution is -2.16. The van der Waals surface area contributed by atoms with Crippen molar-refractivity contribution in [2.75, 3.05) is 11.8 Å². The highest BCUT2D eigenvalue weighted by atomic mass is 32.2. The zero-order valence-electron chi connectivity index (χ0n) is 11.2. The van der Waals surface area contributed by atoms with Gasteiger partial charge in [0, 0.05) is 0 Å². The first-order valence-corrected chi connectivity index (χ1v) is 8.17. The van der Waals surface area contributed by atoms with Crippen LogP contribution in [0.3, 0.4) is 0 Å². The van der Waals surface area contributed by atoms with E-state index in [1.54, 1.807) is 0 Å². The number of phenols is 1. The van der Waals surface area contributed by atoms with Crippen LogP contribution in [0.25, 0.3) is 0 Å². The van der Waals surface area contributed by atoms with Crippen molar-refractivity contribution >= 4 is 33.0 Å². The number of ether oxygens (including phenoxy) is 1. The topological polar surface area (TPSA) is 116 Å². The van der Waals surface area contributed by atoms with Gasteiger partial charge in [-0.3, -0.25) is 4.72 Å². The Labute approximate surface area is 130 Å². The fourth-order valence-electron chi connectivity index (χ4n) is 1.64. The SMILES string of the molecule is COC(=O)c1sccc1S(=O)(=O)Nc1cc(C#N)ccc1O. The van der Waals surface area contributed by atoms with Crippen molar-refractivity contribution in [1.82, 2.24) is 0 Å². The lowest BCUT2D eigenvalue weighted by atomic mass is 10.2. The second-order valence-electron chi connectivity index (χ2n) is 4.05. The zero-order chi connectivity index (χ0) is 16.3. The van der Waals surface area contributed by atoms with E-state index in [1.165, 1.54) is 29.6 Å². The number of rotatable bonds is 4. The molecule has 9 heteroatoms. The number of carbonyl (C=O) groups excluding carboxylic acids is 1. The molecule has 1 aromatic carbocycles. The maximum Gasteiger partial charge on any atom is 0.349 e. The van der Waals surface area contributed by atoms with Gasteiger partial charge in [-0.05, 0) is 29.6 Å². The summed E-state index contributed by atoms with van der Waals surface area (Å²) < 4.78 is 31.4. The zero-order valence-corrected chi connectivity index (χ0v) is 12.9. The van der Waals surface area contributed by atoms with Gasteiger partial charge in [-0.15, -0.1) is 11.3 Å². The molecule has 1 heterocycles. The molecule has 0 radical (unpaired) electrons. The highest BCUT2D eigenvalue weighted by Gasteiger charge is 2.25. The second-order valence-corrected chi connectivity index (χ2v) is 6.62. The first kappa shape index (κ1) is 15.8. The molecule has 0 bridgehead atoms. The molecule has 0 aliphatic heterocycles. The summed E-state index contributed by atoms with van der Waals surface area (Å²) in [6.45, 7) is 0. The molecule has 0 saturated heterocycles. The Balaban J connectivity index is 2.43. The van der Waals surface area contributed by atoms with Crippen LogP contribution in [0.1, 0.15) is 15.2 Å². The van der Waals surface area contributed by atoms with Gasteiger partial charge in [-0.25, -0.2) is 13.2 Å². The van der Waals surface area contributed by atoms with E-state index in [0.29, 0.717) is 0 Å². The Morgan fingerprint density at radius 1 is 1.41 bits per heavy atom. The summed E-state index contributed by atoms with van der Waals surface area (Å²) in [4.78, 5) is 11.2. The number of methoxy groups -OCH3 is 1. The predicted molar refractivity (Wildman–Crippen MR) is 79.3 cm³/mol. The standard InChI is InChI=1S/C13H10N2O5S2/c1-20-13(17)12-11(4-5-21-12)22(18,19)15-9-6-8(7-14)2-3-10(9)16/h2-6,15-16H,1H3. The van der Waals surface area contributed by atoms with E-state index in [1.807, 2.05) is 6.07 Å². The minimum atomic E-state index is -4.11. The van der Waals surface area contributed by atoms with Crippen LogP contribution >= 0.6 is 11.3 Å². The van der Waals surface area contributed by atoms with Gasteiger partial charge in [0.05, 0.1) is 24.4 Å². The van der Waals surface area contributed by atoms with Crippen LogP contribution < -0.4 is 4.72 Å². The van der Waals surface area contributed by atoms with Crippen LogP contribution in [0.5, 0.6) is 5.75 Å². The van der Waals surface area contributed by atoms with Gasteiger partial charge in [0.15, 0.2) is 0 Å². The number of nitrogens with one attached hydrogen (secondary N) is 1. The third-order valence-electron chi connectivity index (χ3n) is 2.66. The first-order valence-electron chi connectivity index (χ1n) is 5.81. The molecule has 0 fully saturated rings. The third kappa shape index (κ3) is 3.03. The fraction of sp³-hybridized carbons (Fsp3) is 0.0769. The van der Waals surface area contributed by atoms with Crippen LogP contribution in [0.15, 0.2) is 34.5 Å². The van der Waals surface area contributed by atoms with E-state index < -0.39 is 16.0 Å².